The Morgan fingerprint density at radius 1 is 1.19 bits per heavy atom. The van der Waals surface area contributed by atoms with Gasteiger partial charge in [-0.2, -0.15) is 18.2 Å². The number of piperidine rings is 1. The number of hydrogen-bond donors (Lipinski definition) is 3. The van der Waals surface area contributed by atoms with E-state index in [0.717, 1.165) is 22.7 Å². The Morgan fingerprint density at radius 3 is 2.89 bits per heavy atom. The van der Waals surface area contributed by atoms with E-state index in [4.69, 9.17) is 4.52 Å². The zero-order valence-corrected chi connectivity index (χ0v) is 19.7. The van der Waals surface area contributed by atoms with Crippen LogP contribution in [-0.2, 0) is 12.8 Å². The van der Waals surface area contributed by atoms with Crippen LogP contribution in [0, 0.1) is 0 Å². The zero-order valence-electron chi connectivity index (χ0n) is 18.9. The Labute approximate surface area is 207 Å². The fourth-order valence-corrected chi connectivity index (χ4v) is 6.03. The summed E-state index contributed by atoms with van der Waals surface area (Å²) >= 11 is 1.16. The fourth-order valence-electron chi connectivity index (χ4n) is 4.81. The van der Waals surface area contributed by atoms with Gasteiger partial charge in [0.25, 0.3) is 0 Å². The predicted molar refractivity (Wildman–Crippen MR) is 129 cm³/mol. The molecule has 36 heavy (non-hydrogen) atoms. The highest BCUT2D eigenvalue weighted by Gasteiger charge is 2.34. The molecule has 1 saturated heterocycles. The summed E-state index contributed by atoms with van der Waals surface area (Å²) < 4.78 is 61.4. The van der Waals surface area contributed by atoms with E-state index in [1.54, 1.807) is 24.4 Å². The van der Waals surface area contributed by atoms with Crippen molar-refractivity contribution in [3.05, 3.63) is 53.5 Å². The van der Waals surface area contributed by atoms with Gasteiger partial charge in [-0.05, 0) is 41.6 Å². The summed E-state index contributed by atoms with van der Waals surface area (Å²) in [4.78, 5) is 9.05. The molecular weight excluding hydrogens is 496 g/mol. The van der Waals surface area contributed by atoms with Crippen molar-refractivity contribution < 1.29 is 22.1 Å². The Balaban J connectivity index is 1.37. The molecular formula is C24H22F4N6OS. The Bertz CT molecular complexity index is 1380. The van der Waals surface area contributed by atoms with Gasteiger partial charge < -0.3 is 20.5 Å². The maximum Gasteiger partial charge on any atom is 0.393 e. The van der Waals surface area contributed by atoms with E-state index in [-0.39, 0.29) is 29.9 Å². The molecule has 3 atom stereocenters. The van der Waals surface area contributed by atoms with Crippen LogP contribution in [0.4, 0.5) is 29.1 Å². The lowest BCUT2D eigenvalue weighted by molar-refractivity contribution is -0.126. The maximum atomic E-state index is 14.4. The first kappa shape index (κ1) is 23.2. The smallest absolute Gasteiger partial charge is 0.378 e. The number of anilines is 2. The van der Waals surface area contributed by atoms with Gasteiger partial charge in [0.15, 0.2) is 0 Å². The summed E-state index contributed by atoms with van der Waals surface area (Å²) in [6.07, 6.45) is -3.83. The van der Waals surface area contributed by atoms with Gasteiger partial charge in [0.05, 0.1) is 27.7 Å². The molecule has 3 aromatic heterocycles. The summed E-state index contributed by atoms with van der Waals surface area (Å²) in [5.74, 6) is 1.11. The second-order valence-corrected chi connectivity index (χ2v) is 10.0. The van der Waals surface area contributed by atoms with E-state index >= 15 is 0 Å². The lowest BCUT2D eigenvalue weighted by atomic mass is 10.0. The minimum atomic E-state index is -4.43. The number of rotatable bonds is 5. The lowest BCUT2D eigenvalue weighted by Gasteiger charge is -2.28. The molecule has 1 fully saturated rings. The standard InChI is InChI=1S/C24H22F4N6OS/c25-15-11-29-8-6-16(15)31-17-5-1-4-13-14(10-24(26,27)28)20(36-19(13)17)22-33-23(35-34-22)18-9-12-3-2-7-30-21(12)32-18/h1-5,7,15-16,18,29,31H,6,8-11H2,(H,30,32)/t15-,16+,18?/m0/s1. The second-order valence-electron chi connectivity index (χ2n) is 9.01. The summed E-state index contributed by atoms with van der Waals surface area (Å²) in [7, 11) is 0. The van der Waals surface area contributed by atoms with Gasteiger partial charge in [0.1, 0.15) is 18.0 Å². The number of nitrogens with zero attached hydrogens (tertiary/aromatic N) is 3. The van der Waals surface area contributed by atoms with E-state index in [2.05, 4.69) is 31.1 Å². The first-order valence-corrected chi connectivity index (χ1v) is 12.4. The molecule has 0 amide bonds. The van der Waals surface area contributed by atoms with Gasteiger partial charge in [0.2, 0.25) is 11.7 Å². The molecule has 1 unspecified atom stereocenters. The fraction of sp³-hybridized carbons (Fsp3) is 0.375. The van der Waals surface area contributed by atoms with E-state index < -0.39 is 24.8 Å². The van der Waals surface area contributed by atoms with Crippen LogP contribution in [0.1, 0.15) is 29.5 Å². The number of thiophene rings is 1. The molecule has 5 heterocycles. The van der Waals surface area contributed by atoms with Gasteiger partial charge in [-0.25, -0.2) is 9.37 Å². The number of aromatic nitrogens is 3. The molecule has 3 N–H and O–H groups in total. The third kappa shape index (κ3) is 4.39. The Kier molecular flexibility index (Phi) is 5.79. The number of alkyl halides is 4. The van der Waals surface area contributed by atoms with Crippen molar-refractivity contribution in [3.63, 3.8) is 0 Å². The van der Waals surface area contributed by atoms with E-state index in [9.17, 15) is 17.6 Å². The molecule has 12 heteroatoms. The van der Waals surface area contributed by atoms with Crippen molar-refractivity contribution >= 4 is 32.9 Å². The van der Waals surface area contributed by atoms with Crippen molar-refractivity contribution in [2.24, 2.45) is 0 Å². The quantitative estimate of drug-likeness (QED) is 0.310. The average Bonchev–Trinajstić information content (AvgIpc) is 3.57. The largest absolute Gasteiger partial charge is 0.393 e. The minimum Gasteiger partial charge on any atom is -0.378 e. The van der Waals surface area contributed by atoms with Gasteiger partial charge in [0, 0.05) is 19.2 Å². The predicted octanol–water partition coefficient (Wildman–Crippen LogP) is 5.27. The number of hydrogen-bond acceptors (Lipinski definition) is 8. The van der Waals surface area contributed by atoms with Crippen molar-refractivity contribution in [3.8, 4) is 10.7 Å². The molecule has 0 aliphatic carbocycles. The van der Waals surface area contributed by atoms with Gasteiger partial charge in [-0.1, -0.05) is 23.4 Å². The third-order valence-electron chi connectivity index (χ3n) is 6.51. The average molecular weight is 519 g/mol. The van der Waals surface area contributed by atoms with Crippen molar-refractivity contribution in [2.45, 2.75) is 43.7 Å². The topological polar surface area (TPSA) is 87.9 Å². The highest BCUT2D eigenvalue weighted by Crippen LogP contribution is 2.44. The van der Waals surface area contributed by atoms with Crippen LogP contribution in [0.2, 0.25) is 0 Å². The van der Waals surface area contributed by atoms with E-state index in [1.807, 2.05) is 12.1 Å². The van der Waals surface area contributed by atoms with Crippen molar-refractivity contribution in [2.75, 3.05) is 23.7 Å². The lowest BCUT2D eigenvalue weighted by Crippen LogP contribution is -2.45. The highest BCUT2D eigenvalue weighted by molar-refractivity contribution is 7.23. The summed E-state index contributed by atoms with van der Waals surface area (Å²) in [6.45, 7) is 0.909. The van der Waals surface area contributed by atoms with E-state index in [0.29, 0.717) is 40.0 Å². The Hall–Kier alpha value is -3.25. The van der Waals surface area contributed by atoms with Crippen LogP contribution in [0.25, 0.3) is 20.8 Å². The van der Waals surface area contributed by atoms with Gasteiger partial charge in [-0.15, -0.1) is 11.3 Å². The molecule has 2 aliphatic rings. The highest BCUT2D eigenvalue weighted by atomic mass is 32.1. The number of fused-ring (bicyclic) bond motifs is 2. The zero-order chi connectivity index (χ0) is 24.9. The Morgan fingerprint density at radius 2 is 2.08 bits per heavy atom. The van der Waals surface area contributed by atoms with Crippen LogP contribution in [0.3, 0.4) is 0 Å². The maximum absolute atomic E-state index is 14.4. The van der Waals surface area contributed by atoms with Gasteiger partial charge in [-0.3, -0.25) is 0 Å². The van der Waals surface area contributed by atoms with Gasteiger partial charge >= 0.3 is 6.18 Å². The van der Waals surface area contributed by atoms with E-state index in [1.165, 1.54) is 0 Å². The molecule has 0 spiro atoms. The molecule has 0 radical (unpaired) electrons. The first-order valence-electron chi connectivity index (χ1n) is 11.6. The summed E-state index contributed by atoms with van der Waals surface area (Å²) in [6, 6.07) is 8.15. The SMILES string of the molecule is F[C@H]1CNCC[C@H]1Nc1cccc2c(CC(F)(F)F)c(-c3noc(C4Cc5cccnc5N4)n3)sc12. The van der Waals surface area contributed by atoms with Crippen LogP contribution in [0.5, 0.6) is 0 Å². The number of halogens is 4. The number of pyridine rings is 1. The third-order valence-corrected chi connectivity index (χ3v) is 7.79. The molecule has 0 saturated carbocycles. The number of benzene rings is 1. The van der Waals surface area contributed by atoms with Crippen molar-refractivity contribution in [1.82, 2.24) is 20.4 Å². The molecule has 2 aliphatic heterocycles. The molecule has 1 aromatic carbocycles. The number of nitrogens with one attached hydrogen (secondary N) is 3. The van der Waals surface area contributed by atoms with Crippen LogP contribution >= 0.6 is 11.3 Å². The summed E-state index contributed by atoms with van der Waals surface area (Å²) in [5, 5.41) is 13.9. The second kappa shape index (κ2) is 9.00. The molecule has 0 bridgehead atoms. The minimum absolute atomic E-state index is 0.0879. The van der Waals surface area contributed by atoms with Crippen molar-refractivity contribution in [1.29, 1.82) is 0 Å². The van der Waals surface area contributed by atoms with Crippen LogP contribution in [-0.4, -0.2) is 46.6 Å². The van der Waals surface area contributed by atoms with Crippen LogP contribution in [0.15, 0.2) is 41.1 Å². The molecule has 7 nitrogen and oxygen atoms in total. The molecule has 6 rings (SSSR count). The monoisotopic (exact) mass is 518 g/mol. The summed E-state index contributed by atoms with van der Waals surface area (Å²) in [5.41, 5.74) is 1.69. The first-order chi connectivity index (χ1) is 17.4. The van der Waals surface area contributed by atoms with Crippen LogP contribution < -0.4 is 16.0 Å². The molecule has 188 valence electrons. The molecule has 4 aromatic rings. The normalized spacial score (nSPS) is 21.9.